The monoisotopic (exact) mass is 347 g/mol. The molecule has 0 saturated heterocycles. The van der Waals surface area contributed by atoms with Crippen molar-refractivity contribution in [3.63, 3.8) is 0 Å². The summed E-state index contributed by atoms with van der Waals surface area (Å²) in [6, 6.07) is 7.68. The number of amidine groups is 1. The van der Waals surface area contributed by atoms with E-state index >= 15 is 0 Å². The number of anilines is 1. The second-order valence-corrected chi connectivity index (χ2v) is 7.18. The van der Waals surface area contributed by atoms with Gasteiger partial charge >= 0.3 is 0 Å². The van der Waals surface area contributed by atoms with Crippen LogP contribution in [-0.4, -0.2) is 35.2 Å². The summed E-state index contributed by atoms with van der Waals surface area (Å²) < 4.78 is 0. The van der Waals surface area contributed by atoms with E-state index < -0.39 is 0 Å². The van der Waals surface area contributed by atoms with Crippen LogP contribution < -0.4 is 16.8 Å². The maximum atomic E-state index is 12.3. The van der Waals surface area contributed by atoms with Gasteiger partial charge in [-0.1, -0.05) is 29.1 Å². The van der Waals surface area contributed by atoms with Crippen molar-refractivity contribution in [2.24, 2.45) is 21.6 Å². The molecule has 1 amide bonds. The van der Waals surface area contributed by atoms with Gasteiger partial charge in [0, 0.05) is 24.4 Å². The quantitative estimate of drug-likeness (QED) is 0.761. The highest BCUT2D eigenvalue weighted by Crippen LogP contribution is 2.35. The number of rotatable bonds is 4. The van der Waals surface area contributed by atoms with Crippen LogP contribution in [-0.2, 0) is 15.2 Å². The summed E-state index contributed by atoms with van der Waals surface area (Å²) in [6.45, 7) is 2.40. The van der Waals surface area contributed by atoms with E-state index in [0.717, 1.165) is 17.7 Å². The molecule has 1 aromatic carbocycles. The molecule has 2 heterocycles. The largest absolute Gasteiger partial charge is 0.390 e. The number of nitrogens with one attached hydrogen (secondary N) is 1. The fourth-order valence-electron chi connectivity index (χ4n) is 2.72. The Kier molecular flexibility index (Phi) is 4.77. The molecule has 0 spiro atoms. The Morgan fingerprint density at radius 3 is 3.08 bits per heavy atom. The number of hydrogen-bond acceptors (Lipinski definition) is 7. The summed E-state index contributed by atoms with van der Waals surface area (Å²) in [5.41, 5.74) is 13.1. The molecule has 0 aromatic heterocycles. The van der Waals surface area contributed by atoms with Crippen molar-refractivity contribution in [2.75, 3.05) is 17.6 Å². The van der Waals surface area contributed by atoms with Gasteiger partial charge in [0.15, 0.2) is 5.17 Å². The van der Waals surface area contributed by atoms with Gasteiger partial charge in [0.1, 0.15) is 11.8 Å². The highest BCUT2D eigenvalue weighted by Gasteiger charge is 2.30. The van der Waals surface area contributed by atoms with Crippen LogP contribution in [0.5, 0.6) is 0 Å². The number of oxime groups is 1. The van der Waals surface area contributed by atoms with Gasteiger partial charge < -0.3 is 21.6 Å². The molecule has 2 atom stereocenters. The first kappa shape index (κ1) is 16.8. The Balaban J connectivity index is 1.74. The average molecular weight is 347 g/mol. The molecular formula is C16H21N5O2S. The zero-order valence-corrected chi connectivity index (χ0v) is 14.3. The molecule has 5 N–H and O–H groups in total. The molecule has 2 aliphatic heterocycles. The van der Waals surface area contributed by atoms with Crippen molar-refractivity contribution >= 4 is 34.2 Å². The van der Waals surface area contributed by atoms with Gasteiger partial charge in [-0.2, -0.15) is 0 Å². The number of thioether (sulfide) groups is 1. The molecule has 0 aliphatic carbocycles. The summed E-state index contributed by atoms with van der Waals surface area (Å²) in [4.78, 5) is 22.0. The number of hydrogen-bond donors (Lipinski definition) is 3. The van der Waals surface area contributed by atoms with E-state index in [4.69, 9.17) is 16.3 Å². The molecule has 2 unspecified atom stereocenters. The molecule has 8 heteroatoms. The summed E-state index contributed by atoms with van der Waals surface area (Å²) in [5, 5.41) is 7.26. The Bertz CT molecular complexity index is 705. The third-order valence-corrected chi connectivity index (χ3v) is 4.99. The molecule has 1 aromatic rings. The lowest BCUT2D eigenvalue weighted by Gasteiger charge is -2.30. The standard InChI is InChI=1S/C16H21N5O2S/c1-16(5-6-24-15(18)20-16)10-3-2-4-11(7-10)19-14(22)13-8-12(9-17)23-21-13/h2-4,7,12H,5-6,8-9,17H2,1H3,(H2,18,20)(H,19,22). The second kappa shape index (κ2) is 6.82. The van der Waals surface area contributed by atoms with E-state index in [1.165, 1.54) is 0 Å². The summed E-state index contributed by atoms with van der Waals surface area (Å²) >= 11 is 1.57. The van der Waals surface area contributed by atoms with E-state index in [0.29, 0.717) is 29.5 Å². The van der Waals surface area contributed by atoms with E-state index in [1.807, 2.05) is 24.3 Å². The van der Waals surface area contributed by atoms with E-state index in [1.54, 1.807) is 11.8 Å². The van der Waals surface area contributed by atoms with Gasteiger partial charge in [0.2, 0.25) is 0 Å². The maximum absolute atomic E-state index is 12.3. The molecule has 0 fully saturated rings. The fraction of sp³-hybridized carbons (Fsp3) is 0.438. The summed E-state index contributed by atoms with van der Waals surface area (Å²) in [6.07, 6.45) is 1.11. The van der Waals surface area contributed by atoms with Crippen LogP contribution in [0.25, 0.3) is 0 Å². The van der Waals surface area contributed by atoms with Crippen LogP contribution in [0.3, 0.4) is 0 Å². The number of nitrogens with zero attached hydrogens (tertiary/aromatic N) is 2. The fourth-order valence-corrected chi connectivity index (χ4v) is 3.69. The Morgan fingerprint density at radius 1 is 1.54 bits per heavy atom. The smallest absolute Gasteiger partial charge is 0.273 e. The normalized spacial score (nSPS) is 26.3. The highest BCUT2D eigenvalue weighted by atomic mass is 32.2. The van der Waals surface area contributed by atoms with Gasteiger partial charge in [0.25, 0.3) is 5.91 Å². The van der Waals surface area contributed by atoms with Crippen LogP contribution in [0.1, 0.15) is 25.3 Å². The highest BCUT2D eigenvalue weighted by molar-refractivity contribution is 8.13. The number of benzene rings is 1. The molecule has 0 radical (unpaired) electrons. The first-order valence-corrected chi connectivity index (χ1v) is 8.81. The minimum absolute atomic E-state index is 0.215. The zero-order valence-electron chi connectivity index (χ0n) is 13.5. The maximum Gasteiger partial charge on any atom is 0.273 e. The topological polar surface area (TPSA) is 115 Å². The van der Waals surface area contributed by atoms with Gasteiger partial charge in [-0.25, -0.2) is 0 Å². The third kappa shape index (κ3) is 3.54. The summed E-state index contributed by atoms with van der Waals surface area (Å²) in [7, 11) is 0. The second-order valence-electron chi connectivity index (χ2n) is 6.06. The predicted octanol–water partition coefficient (Wildman–Crippen LogP) is 1.40. The number of amides is 1. The Hall–Kier alpha value is -2.06. The van der Waals surface area contributed by atoms with Crippen molar-refractivity contribution in [3.05, 3.63) is 29.8 Å². The van der Waals surface area contributed by atoms with E-state index in [9.17, 15) is 4.79 Å². The number of carbonyl (C=O) groups is 1. The SMILES string of the molecule is CC1(c2cccc(NC(=O)C3=NOC(CN)C3)c2)CCSC(N)=N1. The van der Waals surface area contributed by atoms with Crippen LogP contribution in [0.4, 0.5) is 5.69 Å². The number of carbonyl (C=O) groups excluding carboxylic acids is 1. The summed E-state index contributed by atoms with van der Waals surface area (Å²) in [5.74, 6) is 0.660. The van der Waals surface area contributed by atoms with Crippen molar-refractivity contribution < 1.29 is 9.63 Å². The van der Waals surface area contributed by atoms with Gasteiger partial charge in [-0.05, 0) is 31.0 Å². The lowest BCUT2D eigenvalue weighted by Crippen LogP contribution is -2.29. The van der Waals surface area contributed by atoms with Gasteiger partial charge in [0.05, 0.1) is 5.54 Å². The van der Waals surface area contributed by atoms with Crippen LogP contribution in [0.2, 0.25) is 0 Å². The first-order chi connectivity index (χ1) is 11.5. The molecule has 0 saturated carbocycles. The van der Waals surface area contributed by atoms with Crippen molar-refractivity contribution in [1.29, 1.82) is 0 Å². The lowest BCUT2D eigenvalue weighted by molar-refractivity contribution is -0.110. The van der Waals surface area contributed by atoms with Gasteiger partial charge in [-0.15, -0.1) is 0 Å². The predicted molar refractivity (Wildman–Crippen MR) is 97.1 cm³/mol. The Morgan fingerprint density at radius 2 is 2.38 bits per heavy atom. The molecule has 128 valence electrons. The molecule has 24 heavy (non-hydrogen) atoms. The van der Waals surface area contributed by atoms with Crippen molar-refractivity contribution in [3.8, 4) is 0 Å². The average Bonchev–Trinajstić information content (AvgIpc) is 3.04. The van der Waals surface area contributed by atoms with Crippen molar-refractivity contribution in [1.82, 2.24) is 0 Å². The lowest BCUT2D eigenvalue weighted by atomic mass is 9.89. The van der Waals surface area contributed by atoms with Gasteiger partial charge in [-0.3, -0.25) is 9.79 Å². The molecule has 7 nitrogen and oxygen atoms in total. The molecular weight excluding hydrogens is 326 g/mol. The zero-order chi connectivity index (χ0) is 17.2. The van der Waals surface area contributed by atoms with Crippen LogP contribution >= 0.6 is 11.8 Å². The van der Waals surface area contributed by atoms with E-state index in [-0.39, 0.29) is 17.6 Å². The van der Waals surface area contributed by atoms with Crippen LogP contribution in [0, 0.1) is 0 Å². The van der Waals surface area contributed by atoms with Crippen molar-refractivity contribution in [2.45, 2.75) is 31.4 Å². The molecule has 3 rings (SSSR count). The molecule has 2 aliphatic rings. The van der Waals surface area contributed by atoms with Crippen LogP contribution in [0.15, 0.2) is 34.4 Å². The minimum atomic E-state index is -0.366. The minimum Gasteiger partial charge on any atom is -0.390 e. The third-order valence-electron chi connectivity index (χ3n) is 4.20. The number of nitrogens with two attached hydrogens (primary N) is 2. The number of aliphatic imine (C=N–C) groups is 1. The first-order valence-electron chi connectivity index (χ1n) is 7.83. The molecule has 0 bridgehead atoms. The van der Waals surface area contributed by atoms with E-state index in [2.05, 4.69) is 22.4 Å². The Labute approximate surface area is 144 Å².